The molecule has 17 heavy (non-hydrogen) atoms. The smallest absolute Gasteiger partial charge is 0.273 e. The summed E-state index contributed by atoms with van der Waals surface area (Å²) in [5, 5.41) is 2.96. The predicted molar refractivity (Wildman–Crippen MR) is 64.9 cm³/mol. The van der Waals surface area contributed by atoms with Crippen LogP contribution in [0.4, 0.5) is 0 Å². The van der Waals surface area contributed by atoms with E-state index in [2.05, 4.69) is 10.3 Å². The minimum Gasteiger partial charge on any atom is -0.445 e. The lowest BCUT2D eigenvalue weighted by Gasteiger charge is -2.21. The van der Waals surface area contributed by atoms with Gasteiger partial charge in [-0.15, -0.1) is 0 Å². The third-order valence-corrected chi connectivity index (χ3v) is 3.39. The highest BCUT2D eigenvalue weighted by molar-refractivity contribution is 5.93. The Kier molecular flexibility index (Phi) is 3.82. The maximum atomic E-state index is 11.9. The molecule has 94 valence electrons. The minimum atomic E-state index is -0.107. The summed E-state index contributed by atoms with van der Waals surface area (Å²) in [6.45, 7) is 4.30. The van der Waals surface area contributed by atoms with Gasteiger partial charge in [-0.25, -0.2) is 4.98 Å². The van der Waals surface area contributed by atoms with Crippen LogP contribution in [0.15, 0.2) is 4.42 Å². The van der Waals surface area contributed by atoms with Crippen LogP contribution in [-0.2, 0) is 0 Å². The fourth-order valence-corrected chi connectivity index (χ4v) is 2.45. The average Bonchev–Trinajstić information content (AvgIpc) is 2.67. The SMILES string of the molecule is Cc1nc(C(=O)NCC2CCCCC2)c(C)o1. The van der Waals surface area contributed by atoms with E-state index < -0.39 is 0 Å². The Bertz CT molecular complexity index is 392. The van der Waals surface area contributed by atoms with Crippen LogP contribution in [0.1, 0.15) is 54.2 Å². The number of nitrogens with zero attached hydrogens (tertiary/aromatic N) is 1. The predicted octanol–water partition coefficient (Wildman–Crippen LogP) is 2.60. The zero-order valence-electron chi connectivity index (χ0n) is 10.6. The highest BCUT2D eigenvalue weighted by Crippen LogP contribution is 2.22. The molecular formula is C13H20N2O2. The molecule has 0 radical (unpaired) electrons. The lowest BCUT2D eigenvalue weighted by molar-refractivity contribution is 0.0937. The fraction of sp³-hybridized carbons (Fsp3) is 0.692. The number of carbonyl (C=O) groups is 1. The number of amides is 1. The van der Waals surface area contributed by atoms with Crippen LogP contribution in [0.3, 0.4) is 0 Å². The van der Waals surface area contributed by atoms with Crippen molar-refractivity contribution in [3.05, 3.63) is 17.3 Å². The van der Waals surface area contributed by atoms with Crippen molar-refractivity contribution in [2.24, 2.45) is 5.92 Å². The number of carbonyl (C=O) groups excluding carboxylic acids is 1. The maximum absolute atomic E-state index is 11.9. The second-order valence-corrected chi connectivity index (χ2v) is 4.85. The van der Waals surface area contributed by atoms with Crippen LogP contribution in [0.5, 0.6) is 0 Å². The molecule has 2 rings (SSSR count). The van der Waals surface area contributed by atoms with Gasteiger partial charge in [0.2, 0.25) is 0 Å². The Morgan fingerprint density at radius 1 is 1.35 bits per heavy atom. The van der Waals surface area contributed by atoms with Crippen molar-refractivity contribution in [1.29, 1.82) is 0 Å². The molecule has 0 spiro atoms. The van der Waals surface area contributed by atoms with E-state index in [0.29, 0.717) is 23.3 Å². The van der Waals surface area contributed by atoms with Crippen LogP contribution in [0.2, 0.25) is 0 Å². The standard InChI is InChI=1S/C13H20N2O2/c1-9-12(15-10(2)17-9)13(16)14-8-11-6-4-3-5-7-11/h11H,3-8H2,1-2H3,(H,14,16). The molecule has 1 saturated carbocycles. The van der Waals surface area contributed by atoms with Crippen LogP contribution in [-0.4, -0.2) is 17.4 Å². The van der Waals surface area contributed by atoms with Gasteiger partial charge in [0.05, 0.1) is 0 Å². The molecular weight excluding hydrogens is 216 g/mol. The Morgan fingerprint density at radius 2 is 2.06 bits per heavy atom. The molecule has 0 bridgehead atoms. The van der Waals surface area contributed by atoms with Gasteiger partial charge in [0.25, 0.3) is 5.91 Å². The molecule has 0 saturated heterocycles. The number of oxazole rings is 1. The zero-order valence-corrected chi connectivity index (χ0v) is 10.6. The largest absolute Gasteiger partial charge is 0.445 e. The average molecular weight is 236 g/mol. The van der Waals surface area contributed by atoms with Gasteiger partial charge in [0.1, 0.15) is 5.76 Å². The molecule has 1 fully saturated rings. The van der Waals surface area contributed by atoms with E-state index in [9.17, 15) is 4.79 Å². The van der Waals surface area contributed by atoms with E-state index in [0.717, 1.165) is 6.54 Å². The molecule has 1 amide bonds. The number of hydrogen-bond acceptors (Lipinski definition) is 3. The van der Waals surface area contributed by atoms with E-state index in [1.165, 1.54) is 32.1 Å². The molecule has 0 aliphatic heterocycles. The number of aryl methyl sites for hydroxylation is 2. The molecule has 1 aromatic rings. The third kappa shape index (κ3) is 3.08. The topological polar surface area (TPSA) is 55.1 Å². The first-order valence-electron chi connectivity index (χ1n) is 6.39. The van der Waals surface area contributed by atoms with Crippen molar-refractivity contribution in [1.82, 2.24) is 10.3 Å². The summed E-state index contributed by atoms with van der Waals surface area (Å²) in [7, 11) is 0. The molecule has 1 aliphatic carbocycles. The van der Waals surface area contributed by atoms with Crippen molar-refractivity contribution in [3.8, 4) is 0 Å². The molecule has 1 heterocycles. The van der Waals surface area contributed by atoms with Gasteiger partial charge in [0.15, 0.2) is 11.6 Å². The highest BCUT2D eigenvalue weighted by Gasteiger charge is 2.18. The van der Waals surface area contributed by atoms with Gasteiger partial charge in [-0.05, 0) is 25.7 Å². The molecule has 0 unspecified atom stereocenters. The van der Waals surface area contributed by atoms with E-state index >= 15 is 0 Å². The molecule has 1 aliphatic rings. The van der Waals surface area contributed by atoms with Gasteiger partial charge in [-0.2, -0.15) is 0 Å². The minimum absolute atomic E-state index is 0.107. The Morgan fingerprint density at radius 3 is 2.65 bits per heavy atom. The first-order valence-corrected chi connectivity index (χ1v) is 6.39. The third-order valence-electron chi connectivity index (χ3n) is 3.39. The van der Waals surface area contributed by atoms with Gasteiger partial charge in [-0.3, -0.25) is 4.79 Å². The number of hydrogen-bond donors (Lipinski definition) is 1. The molecule has 0 aromatic carbocycles. The van der Waals surface area contributed by atoms with E-state index in [-0.39, 0.29) is 5.91 Å². The Balaban J connectivity index is 1.86. The van der Waals surface area contributed by atoms with Crippen LogP contribution < -0.4 is 5.32 Å². The van der Waals surface area contributed by atoms with E-state index in [1.807, 2.05) is 0 Å². The first-order chi connectivity index (χ1) is 8.16. The summed E-state index contributed by atoms with van der Waals surface area (Å²) in [5.41, 5.74) is 0.429. The number of nitrogens with one attached hydrogen (secondary N) is 1. The van der Waals surface area contributed by atoms with Gasteiger partial charge < -0.3 is 9.73 Å². The highest BCUT2D eigenvalue weighted by atomic mass is 16.4. The van der Waals surface area contributed by atoms with E-state index in [4.69, 9.17) is 4.42 Å². The Hall–Kier alpha value is -1.32. The first kappa shape index (κ1) is 12.1. The molecule has 0 atom stereocenters. The van der Waals surface area contributed by atoms with Gasteiger partial charge in [0, 0.05) is 13.5 Å². The monoisotopic (exact) mass is 236 g/mol. The second kappa shape index (κ2) is 5.34. The summed E-state index contributed by atoms with van der Waals surface area (Å²) in [4.78, 5) is 16.0. The zero-order chi connectivity index (χ0) is 12.3. The summed E-state index contributed by atoms with van der Waals surface area (Å²) < 4.78 is 5.26. The maximum Gasteiger partial charge on any atom is 0.273 e. The fourth-order valence-electron chi connectivity index (χ4n) is 2.45. The van der Waals surface area contributed by atoms with Crippen molar-refractivity contribution in [3.63, 3.8) is 0 Å². The number of rotatable bonds is 3. The second-order valence-electron chi connectivity index (χ2n) is 4.85. The molecule has 4 nitrogen and oxygen atoms in total. The van der Waals surface area contributed by atoms with Crippen molar-refractivity contribution >= 4 is 5.91 Å². The lowest BCUT2D eigenvalue weighted by atomic mass is 9.89. The van der Waals surface area contributed by atoms with Gasteiger partial charge in [-0.1, -0.05) is 19.3 Å². The molecule has 1 N–H and O–H groups in total. The van der Waals surface area contributed by atoms with Crippen LogP contribution in [0, 0.1) is 19.8 Å². The Labute approximate surface area is 102 Å². The summed E-state index contributed by atoms with van der Waals surface area (Å²) in [6, 6.07) is 0. The van der Waals surface area contributed by atoms with Crippen molar-refractivity contribution in [2.45, 2.75) is 46.0 Å². The molecule has 4 heteroatoms. The van der Waals surface area contributed by atoms with Crippen LogP contribution >= 0.6 is 0 Å². The summed E-state index contributed by atoms with van der Waals surface area (Å²) >= 11 is 0. The molecule has 1 aromatic heterocycles. The van der Waals surface area contributed by atoms with Gasteiger partial charge >= 0.3 is 0 Å². The summed E-state index contributed by atoms with van der Waals surface area (Å²) in [6.07, 6.45) is 6.39. The van der Waals surface area contributed by atoms with Crippen molar-refractivity contribution < 1.29 is 9.21 Å². The lowest BCUT2D eigenvalue weighted by Crippen LogP contribution is -2.30. The van der Waals surface area contributed by atoms with Crippen molar-refractivity contribution in [2.75, 3.05) is 6.54 Å². The van der Waals surface area contributed by atoms with Crippen LogP contribution in [0.25, 0.3) is 0 Å². The summed E-state index contributed by atoms with van der Waals surface area (Å²) in [5.74, 6) is 1.68. The van der Waals surface area contributed by atoms with E-state index in [1.54, 1.807) is 13.8 Å². The number of aromatic nitrogens is 1. The quantitative estimate of drug-likeness (QED) is 0.877. The normalized spacial score (nSPS) is 17.1.